The van der Waals surface area contributed by atoms with Crippen LogP contribution >= 0.6 is 0 Å². The second-order valence-electron chi connectivity index (χ2n) is 8.60. The molecule has 0 aliphatic heterocycles. The van der Waals surface area contributed by atoms with Gasteiger partial charge in [-0.05, 0) is 56.3 Å². The lowest BCUT2D eigenvalue weighted by Crippen LogP contribution is -2.42. The van der Waals surface area contributed by atoms with Gasteiger partial charge in [0.15, 0.2) is 0 Å². The minimum absolute atomic E-state index is 0.156. The topological polar surface area (TPSA) is 46.5 Å². The van der Waals surface area contributed by atoms with Crippen molar-refractivity contribution in [1.29, 1.82) is 0 Å². The molecule has 3 unspecified atom stereocenters. The molecular formula is C18H32O3. The zero-order chi connectivity index (χ0) is 15.9. The largest absolute Gasteiger partial charge is 0.388 e. The van der Waals surface area contributed by atoms with E-state index in [1.165, 1.54) is 6.42 Å². The summed E-state index contributed by atoms with van der Waals surface area (Å²) in [5, 5.41) is 9.69. The number of carbonyl (C=O) groups is 1. The Bertz CT molecular complexity index is 394. The minimum atomic E-state index is -0.763. The number of fused-ring (bicyclic) bond motifs is 1. The molecule has 0 aromatic heterocycles. The van der Waals surface area contributed by atoms with E-state index >= 15 is 0 Å². The quantitative estimate of drug-likeness (QED) is 0.789. The molecule has 3 heteroatoms. The van der Waals surface area contributed by atoms with Gasteiger partial charge < -0.3 is 9.84 Å². The van der Waals surface area contributed by atoms with Gasteiger partial charge in [0.1, 0.15) is 5.78 Å². The number of hydrogen-bond acceptors (Lipinski definition) is 3. The first-order valence-electron chi connectivity index (χ1n) is 8.41. The van der Waals surface area contributed by atoms with Gasteiger partial charge in [0, 0.05) is 18.9 Å². The summed E-state index contributed by atoms with van der Waals surface area (Å²) in [5.74, 6) is 1.27. The Kier molecular flexibility index (Phi) is 4.57. The Labute approximate surface area is 129 Å². The molecule has 21 heavy (non-hydrogen) atoms. The van der Waals surface area contributed by atoms with E-state index in [0.29, 0.717) is 24.9 Å². The fraction of sp³-hybridized carbons (Fsp3) is 0.944. The summed E-state index contributed by atoms with van der Waals surface area (Å²) in [6, 6.07) is 0. The Hall–Kier alpha value is -0.410. The normalized spacial score (nSPS) is 35.8. The third-order valence-corrected chi connectivity index (χ3v) is 6.36. The van der Waals surface area contributed by atoms with Crippen LogP contribution in [0.2, 0.25) is 0 Å². The van der Waals surface area contributed by atoms with E-state index in [1.807, 2.05) is 0 Å². The Morgan fingerprint density at radius 3 is 2.57 bits per heavy atom. The second-order valence-corrected chi connectivity index (χ2v) is 8.60. The molecule has 0 saturated heterocycles. The smallest absolute Gasteiger partial charge is 0.136 e. The van der Waals surface area contributed by atoms with Gasteiger partial charge in [0.2, 0.25) is 0 Å². The van der Waals surface area contributed by atoms with Crippen LogP contribution in [0.4, 0.5) is 0 Å². The number of carbonyl (C=O) groups excluding carboxylic acids is 1. The summed E-state index contributed by atoms with van der Waals surface area (Å²) in [4.78, 5) is 12.3. The highest BCUT2D eigenvalue weighted by atomic mass is 16.5. The number of ether oxygens (including phenoxy) is 1. The molecule has 2 aliphatic carbocycles. The van der Waals surface area contributed by atoms with Crippen molar-refractivity contribution in [2.45, 2.75) is 72.3 Å². The molecule has 1 N–H and O–H groups in total. The molecule has 2 saturated carbocycles. The van der Waals surface area contributed by atoms with E-state index in [2.05, 4.69) is 20.8 Å². The van der Waals surface area contributed by atoms with Crippen LogP contribution in [0.1, 0.15) is 66.7 Å². The minimum Gasteiger partial charge on any atom is -0.388 e. The molecule has 0 radical (unpaired) electrons. The van der Waals surface area contributed by atoms with E-state index in [4.69, 9.17) is 4.74 Å². The zero-order valence-electron chi connectivity index (χ0n) is 14.4. The molecule has 2 rings (SSSR count). The number of rotatable bonds is 5. The van der Waals surface area contributed by atoms with E-state index in [-0.39, 0.29) is 16.7 Å². The standard InChI is InChI=1S/C18H32O3/c1-16(2,20)12-21-10-8-13-11-14-15(19)7-6-9-18(14,5)17(13,3)4/h13-14,20H,6-12H2,1-5H3. The van der Waals surface area contributed by atoms with Crippen molar-refractivity contribution in [3.8, 4) is 0 Å². The molecule has 0 aromatic carbocycles. The van der Waals surface area contributed by atoms with Crippen molar-refractivity contribution in [3.63, 3.8) is 0 Å². The van der Waals surface area contributed by atoms with Gasteiger partial charge in [-0.15, -0.1) is 0 Å². The van der Waals surface area contributed by atoms with Crippen molar-refractivity contribution in [2.24, 2.45) is 22.7 Å². The second kappa shape index (κ2) is 5.66. The van der Waals surface area contributed by atoms with E-state index in [9.17, 15) is 9.90 Å². The van der Waals surface area contributed by atoms with Crippen molar-refractivity contribution in [2.75, 3.05) is 13.2 Å². The fourth-order valence-corrected chi connectivity index (χ4v) is 4.57. The van der Waals surface area contributed by atoms with E-state index < -0.39 is 5.60 Å². The molecule has 0 heterocycles. The van der Waals surface area contributed by atoms with E-state index in [0.717, 1.165) is 25.7 Å². The highest BCUT2D eigenvalue weighted by Gasteiger charge is 2.59. The SMILES string of the molecule is CC(C)(O)COCCC1CC2C(=O)CCCC2(C)C1(C)C. The number of aliphatic hydroxyl groups is 1. The first kappa shape index (κ1) is 17.0. The van der Waals surface area contributed by atoms with Gasteiger partial charge in [-0.1, -0.05) is 20.8 Å². The van der Waals surface area contributed by atoms with Crippen LogP contribution < -0.4 is 0 Å². The van der Waals surface area contributed by atoms with Crippen molar-refractivity contribution < 1.29 is 14.6 Å². The van der Waals surface area contributed by atoms with Crippen LogP contribution in [-0.2, 0) is 9.53 Å². The predicted molar refractivity (Wildman–Crippen MR) is 84.1 cm³/mol. The molecule has 122 valence electrons. The van der Waals surface area contributed by atoms with Crippen LogP contribution in [0.15, 0.2) is 0 Å². The lowest BCUT2D eigenvalue weighted by atomic mass is 9.58. The molecule has 0 amide bonds. The van der Waals surface area contributed by atoms with Crippen molar-refractivity contribution in [3.05, 3.63) is 0 Å². The number of hydrogen-bond donors (Lipinski definition) is 1. The van der Waals surface area contributed by atoms with Gasteiger partial charge in [-0.2, -0.15) is 0 Å². The van der Waals surface area contributed by atoms with Gasteiger partial charge in [0.05, 0.1) is 12.2 Å². The summed E-state index contributed by atoms with van der Waals surface area (Å²) >= 11 is 0. The van der Waals surface area contributed by atoms with Crippen LogP contribution in [0.5, 0.6) is 0 Å². The first-order chi connectivity index (χ1) is 9.58. The molecule has 0 spiro atoms. The lowest BCUT2D eigenvalue weighted by Gasteiger charge is -2.46. The molecule has 2 fully saturated rings. The zero-order valence-corrected chi connectivity index (χ0v) is 14.4. The van der Waals surface area contributed by atoms with Crippen molar-refractivity contribution >= 4 is 5.78 Å². The van der Waals surface area contributed by atoms with E-state index in [1.54, 1.807) is 13.8 Å². The third kappa shape index (κ3) is 3.19. The summed E-state index contributed by atoms with van der Waals surface area (Å²) in [6.07, 6.45) is 5.02. The summed E-state index contributed by atoms with van der Waals surface area (Å²) in [6.45, 7) is 11.6. The molecule has 3 nitrogen and oxygen atoms in total. The summed E-state index contributed by atoms with van der Waals surface area (Å²) in [5.41, 5.74) is -0.420. The van der Waals surface area contributed by atoms with Gasteiger partial charge in [-0.3, -0.25) is 4.79 Å². The number of Topliss-reactive ketones (excluding diaryl/α,β-unsaturated/α-hetero) is 1. The average molecular weight is 296 g/mol. The summed E-state index contributed by atoms with van der Waals surface area (Å²) < 4.78 is 5.63. The number of ketones is 1. The highest BCUT2D eigenvalue weighted by molar-refractivity contribution is 5.83. The summed E-state index contributed by atoms with van der Waals surface area (Å²) in [7, 11) is 0. The molecule has 0 bridgehead atoms. The molecule has 0 aromatic rings. The molecule has 3 atom stereocenters. The maximum Gasteiger partial charge on any atom is 0.136 e. The Balaban J connectivity index is 1.97. The molecule has 2 aliphatic rings. The van der Waals surface area contributed by atoms with Gasteiger partial charge >= 0.3 is 0 Å². The van der Waals surface area contributed by atoms with Crippen LogP contribution in [0.25, 0.3) is 0 Å². The highest BCUT2D eigenvalue weighted by Crippen LogP contribution is 2.64. The Morgan fingerprint density at radius 1 is 1.33 bits per heavy atom. The first-order valence-corrected chi connectivity index (χ1v) is 8.41. The monoisotopic (exact) mass is 296 g/mol. The van der Waals surface area contributed by atoms with Crippen LogP contribution in [0, 0.1) is 22.7 Å². The van der Waals surface area contributed by atoms with Gasteiger partial charge in [0.25, 0.3) is 0 Å². The van der Waals surface area contributed by atoms with Gasteiger partial charge in [-0.25, -0.2) is 0 Å². The van der Waals surface area contributed by atoms with Crippen molar-refractivity contribution in [1.82, 2.24) is 0 Å². The predicted octanol–water partition coefficient (Wildman–Crippen LogP) is 3.59. The lowest BCUT2D eigenvalue weighted by molar-refractivity contribution is -0.131. The maximum atomic E-state index is 12.3. The fourth-order valence-electron chi connectivity index (χ4n) is 4.57. The van der Waals surface area contributed by atoms with Crippen LogP contribution in [0.3, 0.4) is 0 Å². The van der Waals surface area contributed by atoms with Crippen LogP contribution in [-0.4, -0.2) is 29.7 Å². The average Bonchev–Trinajstić information content (AvgIpc) is 2.54. The third-order valence-electron chi connectivity index (χ3n) is 6.36. The molecular weight excluding hydrogens is 264 g/mol. The maximum absolute atomic E-state index is 12.3. The Morgan fingerprint density at radius 2 is 2.00 bits per heavy atom.